The highest BCUT2D eigenvalue weighted by atomic mass is 14.2. The third-order valence-electron chi connectivity index (χ3n) is 3.52. The Balaban J connectivity index is 2.05. The molecule has 0 amide bonds. The van der Waals surface area contributed by atoms with Crippen LogP contribution in [0.2, 0.25) is 0 Å². The van der Waals surface area contributed by atoms with E-state index in [1.807, 2.05) is 12.1 Å². The van der Waals surface area contributed by atoms with E-state index in [-0.39, 0.29) is 0 Å². The van der Waals surface area contributed by atoms with Crippen molar-refractivity contribution in [3.05, 3.63) is 71.3 Å². The van der Waals surface area contributed by atoms with Gasteiger partial charge in [0, 0.05) is 5.92 Å². The minimum Gasteiger partial charge on any atom is -0.0620 e. The first-order valence-electron chi connectivity index (χ1n) is 5.99. The van der Waals surface area contributed by atoms with Crippen molar-refractivity contribution in [2.75, 3.05) is 0 Å². The van der Waals surface area contributed by atoms with Crippen LogP contribution in [0.1, 0.15) is 35.4 Å². The Hall–Kier alpha value is -1.56. The van der Waals surface area contributed by atoms with Gasteiger partial charge in [0.1, 0.15) is 0 Å². The van der Waals surface area contributed by atoms with Gasteiger partial charge in [-0.25, -0.2) is 0 Å². The molecule has 1 aliphatic carbocycles. The Morgan fingerprint density at radius 3 is 2.69 bits per heavy atom. The highest BCUT2D eigenvalue weighted by molar-refractivity contribution is 5.39. The summed E-state index contributed by atoms with van der Waals surface area (Å²) in [7, 11) is 0. The van der Waals surface area contributed by atoms with Crippen molar-refractivity contribution in [3.63, 3.8) is 0 Å². The van der Waals surface area contributed by atoms with Gasteiger partial charge >= 0.3 is 0 Å². The molecule has 0 nitrogen and oxygen atoms in total. The quantitative estimate of drug-likeness (QED) is 0.664. The summed E-state index contributed by atoms with van der Waals surface area (Å²) in [5.41, 5.74) is 4.50. The number of hydrogen-bond donors (Lipinski definition) is 0. The van der Waals surface area contributed by atoms with Crippen LogP contribution in [0.3, 0.4) is 0 Å². The second-order valence-electron chi connectivity index (χ2n) is 4.48. The van der Waals surface area contributed by atoms with Crippen LogP contribution >= 0.6 is 0 Å². The van der Waals surface area contributed by atoms with Gasteiger partial charge in [0.2, 0.25) is 0 Å². The molecule has 2 aromatic rings. The Morgan fingerprint density at radius 1 is 1.00 bits per heavy atom. The summed E-state index contributed by atoms with van der Waals surface area (Å²) in [6, 6.07) is 20.4. The van der Waals surface area contributed by atoms with Crippen LogP contribution in [0.5, 0.6) is 0 Å². The maximum Gasteiger partial charge on any atom is 0.00921 e. The van der Waals surface area contributed by atoms with E-state index < -0.39 is 0 Å². The maximum atomic E-state index is 3.10. The minimum atomic E-state index is 0.597. The molecule has 1 aliphatic rings. The molecule has 79 valence electrons. The molecule has 0 saturated carbocycles. The molecule has 0 aliphatic heterocycles. The van der Waals surface area contributed by atoms with E-state index in [0.29, 0.717) is 5.92 Å². The molecular weight excluding hydrogens is 192 g/mol. The fourth-order valence-corrected chi connectivity index (χ4v) is 2.73. The number of aryl methyl sites for hydroxylation is 1. The first-order chi connectivity index (χ1) is 7.95. The summed E-state index contributed by atoms with van der Waals surface area (Å²) in [4.78, 5) is 0. The van der Waals surface area contributed by atoms with E-state index in [1.54, 1.807) is 0 Å². The van der Waals surface area contributed by atoms with Crippen LogP contribution in [0, 0.1) is 6.07 Å². The fourth-order valence-electron chi connectivity index (χ4n) is 2.73. The number of fused-ring (bicyclic) bond motifs is 1. The van der Waals surface area contributed by atoms with Gasteiger partial charge in [-0.15, -0.1) is 0 Å². The molecule has 0 aromatic heterocycles. The van der Waals surface area contributed by atoms with Crippen LogP contribution in [0.15, 0.2) is 48.5 Å². The number of benzene rings is 2. The molecule has 1 radical (unpaired) electrons. The van der Waals surface area contributed by atoms with Gasteiger partial charge in [0.15, 0.2) is 0 Å². The normalized spacial score (nSPS) is 19.1. The van der Waals surface area contributed by atoms with Crippen LogP contribution in [0.25, 0.3) is 0 Å². The Morgan fingerprint density at radius 2 is 1.81 bits per heavy atom. The van der Waals surface area contributed by atoms with Crippen molar-refractivity contribution in [2.24, 2.45) is 0 Å². The molecule has 3 rings (SSSR count). The van der Waals surface area contributed by atoms with Crippen LogP contribution in [0.4, 0.5) is 0 Å². The molecule has 16 heavy (non-hydrogen) atoms. The van der Waals surface area contributed by atoms with Gasteiger partial charge in [-0.05, 0) is 42.0 Å². The molecule has 0 heterocycles. The zero-order valence-corrected chi connectivity index (χ0v) is 9.32. The first kappa shape index (κ1) is 9.65. The fraction of sp³-hybridized carbons (Fsp3) is 0.250. The third-order valence-corrected chi connectivity index (χ3v) is 3.52. The standard InChI is InChI=1S/C16H15/c1-2-7-13(8-3-1)16-12-6-10-14-9-4-5-11-15(14)16/h2-5,7-9,11,16H,6,10,12H2. The van der Waals surface area contributed by atoms with Crippen LogP contribution < -0.4 is 0 Å². The topological polar surface area (TPSA) is 0 Å². The second kappa shape index (κ2) is 4.13. The highest BCUT2D eigenvalue weighted by Gasteiger charge is 2.20. The molecule has 0 N–H and O–H groups in total. The molecule has 1 unspecified atom stereocenters. The molecule has 0 spiro atoms. The van der Waals surface area contributed by atoms with E-state index in [9.17, 15) is 0 Å². The second-order valence-corrected chi connectivity index (χ2v) is 4.48. The predicted molar refractivity (Wildman–Crippen MR) is 66.5 cm³/mol. The number of rotatable bonds is 1. The Bertz CT molecular complexity index is 470. The van der Waals surface area contributed by atoms with Crippen molar-refractivity contribution < 1.29 is 0 Å². The van der Waals surface area contributed by atoms with E-state index in [2.05, 4.69) is 42.5 Å². The van der Waals surface area contributed by atoms with E-state index in [0.717, 1.165) is 0 Å². The van der Waals surface area contributed by atoms with Crippen molar-refractivity contribution in [1.82, 2.24) is 0 Å². The summed E-state index contributed by atoms with van der Waals surface area (Å²) in [5, 5.41) is 0. The van der Waals surface area contributed by atoms with Gasteiger partial charge < -0.3 is 0 Å². The van der Waals surface area contributed by atoms with Gasteiger partial charge in [-0.2, -0.15) is 0 Å². The monoisotopic (exact) mass is 207 g/mol. The smallest absolute Gasteiger partial charge is 0.00921 e. The lowest BCUT2D eigenvalue weighted by molar-refractivity contribution is 0.616. The minimum absolute atomic E-state index is 0.597. The summed E-state index contributed by atoms with van der Waals surface area (Å²) in [6.45, 7) is 0. The van der Waals surface area contributed by atoms with Gasteiger partial charge in [-0.3, -0.25) is 0 Å². The largest absolute Gasteiger partial charge is 0.0620 e. The summed E-state index contributed by atoms with van der Waals surface area (Å²) in [6.07, 6.45) is 3.83. The lowest BCUT2D eigenvalue weighted by Gasteiger charge is -2.25. The summed E-state index contributed by atoms with van der Waals surface area (Å²) < 4.78 is 0. The van der Waals surface area contributed by atoms with Crippen molar-refractivity contribution in [1.29, 1.82) is 0 Å². The van der Waals surface area contributed by atoms with Crippen molar-refractivity contribution in [2.45, 2.75) is 25.2 Å². The summed E-state index contributed by atoms with van der Waals surface area (Å²) >= 11 is 0. The van der Waals surface area contributed by atoms with Crippen LogP contribution in [-0.4, -0.2) is 0 Å². The maximum absolute atomic E-state index is 3.10. The average molecular weight is 207 g/mol. The lowest BCUT2D eigenvalue weighted by atomic mass is 9.79. The Labute approximate surface area is 96.9 Å². The van der Waals surface area contributed by atoms with Gasteiger partial charge in [0.25, 0.3) is 0 Å². The third kappa shape index (κ3) is 1.65. The van der Waals surface area contributed by atoms with Gasteiger partial charge in [0.05, 0.1) is 0 Å². The Kier molecular flexibility index (Phi) is 2.49. The highest BCUT2D eigenvalue weighted by Crippen LogP contribution is 2.36. The summed E-state index contributed by atoms with van der Waals surface area (Å²) in [5.74, 6) is 0.597. The lowest BCUT2D eigenvalue weighted by Crippen LogP contribution is -2.10. The van der Waals surface area contributed by atoms with E-state index in [4.69, 9.17) is 0 Å². The zero-order chi connectivity index (χ0) is 10.8. The molecule has 0 bridgehead atoms. The average Bonchev–Trinajstić information content (AvgIpc) is 2.39. The molecule has 0 heteroatoms. The van der Waals surface area contributed by atoms with Crippen molar-refractivity contribution in [3.8, 4) is 0 Å². The predicted octanol–water partition coefficient (Wildman–Crippen LogP) is 3.95. The zero-order valence-electron chi connectivity index (χ0n) is 9.32. The SMILES string of the molecule is [c]1ccc(C2CCCc3ccccc32)cc1. The molecule has 0 saturated heterocycles. The molecule has 0 fully saturated rings. The molecular formula is C16H15. The number of hydrogen-bond acceptors (Lipinski definition) is 0. The van der Waals surface area contributed by atoms with Crippen molar-refractivity contribution >= 4 is 0 Å². The van der Waals surface area contributed by atoms with E-state index >= 15 is 0 Å². The van der Waals surface area contributed by atoms with Gasteiger partial charge in [-0.1, -0.05) is 48.5 Å². The van der Waals surface area contributed by atoms with E-state index in [1.165, 1.54) is 36.0 Å². The molecule has 2 aromatic carbocycles. The molecule has 1 atom stereocenters. The van der Waals surface area contributed by atoms with Crippen LogP contribution in [-0.2, 0) is 6.42 Å². The first-order valence-corrected chi connectivity index (χ1v) is 5.99.